The molecule has 0 aromatic carbocycles. The minimum atomic E-state index is -0.422. The lowest BCUT2D eigenvalue weighted by atomic mass is 10.3. The fourth-order valence-corrected chi connectivity index (χ4v) is 2.81. The van der Waals surface area contributed by atoms with E-state index in [2.05, 4.69) is 9.97 Å². The molecule has 0 aliphatic rings. The van der Waals surface area contributed by atoms with E-state index >= 15 is 0 Å². The van der Waals surface area contributed by atoms with E-state index in [0.717, 1.165) is 10.5 Å². The molecule has 0 spiro atoms. The van der Waals surface area contributed by atoms with Crippen LogP contribution < -0.4 is 0 Å². The fourth-order valence-electron chi connectivity index (χ4n) is 2.15. The van der Waals surface area contributed by atoms with Crippen LogP contribution in [-0.4, -0.2) is 20.3 Å². The second-order valence-corrected chi connectivity index (χ2v) is 5.74. The van der Waals surface area contributed by atoms with E-state index in [4.69, 9.17) is 9.15 Å². The molecular formula is C16H11N3O3S. The van der Waals surface area contributed by atoms with Gasteiger partial charge in [-0.1, -0.05) is 6.07 Å². The molecule has 0 saturated heterocycles. The van der Waals surface area contributed by atoms with Crippen molar-refractivity contribution in [3.63, 3.8) is 0 Å². The average molecular weight is 325 g/mol. The summed E-state index contributed by atoms with van der Waals surface area (Å²) < 4.78 is 12.6. The van der Waals surface area contributed by atoms with Crippen LogP contribution in [0.4, 0.5) is 0 Å². The first-order chi connectivity index (χ1) is 11.3. The van der Waals surface area contributed by atoms with Crippen molar-refractivity contribution in [2.45, 2.75) is 6.61 Å². The van der Waals surface area contributed by atoms with Crippen LogP contribution in [0, 0.1) is 0 Å². The summed E-state index contributed by atoms with van der Waals surface area (Å²) in [5, 5.41) is 1.95. The number of imidazole rings is 1. The van der Waals surface area contributed by atoms with Gasteiger partial charge in [0.15, 0.2) is 12.4 Å². The van der Waals surface area contributed by atoms with Crippen molar-refractivity contribution in [1.29, 1.82) is 0 Å². The van der Waals surface area contributed by atoms with Gasteiger partial charge < -0.3 is 13.6 Å². The summed E-state index contributed by atoms with van der Waals surface area (Å²) in [6.45, 7) is 0.0408. The molecule has 4 rings (SSSR count). The predicted molar refractivity (Wildman–Crippen MR) is 84.1 cm³/mol. The molecule has 4 heterocycles. The third kappa shape index (κ3) is 2.74. The maximum atomic E-state index is 12.1. The van der Waals surface area contributed by atoms with Gasteiger partial charge in [-0.25, -0.2) is 14.8 Å². The molecule has 0 unspecified atom stereocenters. The Bertz CT molecular complexity index is 956. The van der Waals surface area contributed by atoms with Gasteiger partial charge in [0.05, 0.1) is 16.6 Å². The zero-order chi connectivity index (χ0) is 15.6. The number of fused-ring (bicyclic) bond motifs is 1. The van der Waals surface area contributed by atoms with Crippen LogP contribution in [0.3, 0.4) is 0 Å². The van der Waals surface area contributed by atoms with Gasteiger partial charge >= 0.3 is 5.97 Å². The van der Waals surface area contributed by atoms with Crippen molar-refractivity contribution in [2.24, 2.45) is 0 Å². The third-order valence-corrected chi connectivity index (χ3v) is 4.11. The summed E-state index contributed by atoms with van der Waals surface area (Å²) in [5.74, 6) is 0.617. The highest BCUT2D eigenvalue weighted by atomic mass is 32.1. The molecule has 0 aliphatic carbocycles. The Balaban J connectivity index is 1.45. The maximum absolute atomic E-state index is 12.1. The number of aromatic nitrogens is 3. The number of carbonyl (C=O) groups is 1. The number of hydrogen-bond acceptors (Lipinski definition) is 6. The number of hydrogen-bond donors (Lipinski definition) is 0. The highest BCUT2D eigenvalue weighted by Gasteiger charge is 2.12. The molecule has 0 atom stereocenters. The standard InChI is InChI=1S/C16H11N3O3S/c20-16(11-3-4-14-17-5-6-19(14)9-11)21-10-12-8-18-15(22-12)13-2-1-7-23-13/h1-9H,10H2. The van der Waals surface area contributed by atoms with Crippen molar-refractivity contribution in [3.8, 4) is 10.8 Å². The molecular weight excluding hydrogens is 314 g/mol. The van der Waals surface area contributed by atoms with Gasteiger partial charge in [-0.2, -0.15) is 0 Å². The second kappa shape index (κ2) is 5.69. The summed E-state index contributed by atoms with van der Waals surface area (Å²) in [4.78, 5) is 21.4. The number of ether oxygens (including phenoxy) is 1. The Hall–Kier alpha value is -2.93. The number of rotatable bonds is 4. The highest BCUT2D eigenvalue weighted by Crippen LogP contribution is 2.24. The van der Waals surface area contributed by atoms with Gasteiger partial charge in [-0.15, -0.1) is 11.3 Å². The van der Waals surface area contributed by atoms with Crippen LogP contribution in [-0.2, 0) is 11.3 Å². The zero-order valence-electron chi connectivity index (χ0n) is 11.9. The molecule has 4 aromatic rings. The summed E-state index contributed by atoms with van der Waals surface area (Å²) in [5.41, 5.74) is 1.23. The number of oxazole rings is 1. The lowest BCUT2D eigenvalue weighted by Crippen LogP contribution is -2.06. The average Bonchev–Trinajstić information content (AvgIpc) is 3.32. The fraction of sp³-hybridized carbons (Fsp3) is 0.0625. The zero-order valence-corrected chi connectivity index (χ0v) is 12.7. The normalized spacial score (nSPS) is 11.0. The Morgan fingerprint density at radius 3 is 3.13 bits per heavy atom. The molecule has 6 nitrogen and oxygen atoms in total. The lowest BCUT2D eigenvalue weighted by molar-refractivity contribution is 0.0446. The summed E-state index contributed by atoms with van der Waals surface area (Å²) >= 11 is 1.54. The molecule has 7 heteroatoms. The van der Waals surface area contributed by atoms with E-state index in [1.165, 1.54) is 11.3 Å². The Morgan fingerprint density at radius 2 is 2.26 bits per heavy atom. The highest BCUT2D eigenvalue weighted by molar-refractivity contribution is 7.13. The van der Waals surface area contributed by atoms with E-state index in [-0.39, 0.29) is 6.61 Å². The largest absolute Gasteiger partial charge is 0.454 e. The number of carbonyl (C=O) groups excluding carboxylic acids is 1. The molecule has 0 N–H and O–H groups in total. The van der Waals surface area contributed by atoms with Crippen molar-refractivity contribution in [2.75, 3.05) is 0 Å². The van der Waals surface area contributed by atoms with Crippen molar-refractivity contribution in [3.05, 3.63) is 65.8 Å². The number of pyridine rings is 1. The van der Waals surface area contributed by atoms with Crippen molar-refractivity contribution in [1.82, 2.24) is 14.4 Å². The first-order valence-electron chi connectivity index (χ1n) is 6.88. The molecule has 0 aliphatic heterocycles. The first kappa shape index (κ1) is 13.7. The molecule has 0 saturated carbocycles. The molecule has 0 bridgehead atoms. The molecule has 23 heavy (non-hydrogen) atoms. The first-order valence-corrected chi connectivity index (χ1v) is 7.76. The molecule has 4 aromatic heterocycles. The Kier molecular flexibility index (Phi) is 3.39. The number of esters is 1. The van der Waals surface area contributed by atoms with Crippen LogP contribution in [0.1, 0.15) is 16.1 Å². The molecule has 0 amide bonds. The SMILES string of the molecule is O=C(OCc1cnc(-c2cccs2)o1)c1ccc2nccn2c1. The van der Waals surface area contributed by atoms with E-state index in [1.807, 2.05) is 17.5 Å². The van der Waals surface area contributed by atoms with Gasteiger partial charge in [0.1, 0.15) is 5.65 Å². The van der Waals surface area contributed by atoms with Gasteiger partial charge in [0.25, 0.3) is 0 Å². The maximum Gasteiger partial charge on any atom is 0.340 e. The molecule has 0 radical (unpaired) electrons. The van der Waals surface area contributed by atoms with Gasteiger partial charge in [0.2, 0.25) is 5.89 Å². The number of nitrogens with zero attached hydrogens (tertiary/aromatic N) is 3. The minimum Gasteiger partial charge on any atom is -0.454 e. The van der Waals surface area contributed by atoms with E-state index < -0.39 is 5.97 Å². The van der Waals surface area contributed by atoms with Crippen molar-refractivity contribution < 1.29 is 13.9 Å². The Labute approximate surface area is 135 Å². The van der Waals surface area contributed by atoms with Crippen molar-refractivity contribution >= 4 is 23.0 Å². The number of thiophene rings is 1. The van der Waals surface area contributed by atoms with E-state index in [0.29, 0.717) is 17.2 Å². The van der Waals surface area contributed by atoms with Crippen LogP contribution in [0.15, 0.2) is 58.9 Å². The summed E-state index contributed by atoms with van der Waals surface area (Å²) in [7, 11) is 0. The quantitative estimate of drug-likeness (QED) is 0.538. The van der Waals surface area contributed by atoms with E-state index in [9.17, 15) is 4.79 Å². The smallest absolute Gasteiger partial charge is 0.340 e. The summed E-state index contributed by atoms with van der Waals surface area (Å²) in [6, 6.07) is 7.30. The summed E-state index contributed by atoms with van der Waals surface area (Å²) in [6.07, 6.45) is 6.70. The molecule has 0 fully saturated rings. The third-order valence-electron chi connectivity index (χ3n) is 3.26. The predicted octanol–water partition coefficient (Wildman–Crippen LogP) is 3.41. The monoisotopic (exact) mass is 325 g/mol. The van der Waals surface area contributed by atoms with Gasteiger partial charge in [0, 0.05) is 18.6 Å². The molecule has 114 valence electrons. The minimum absolute atomic E-state index is 0.0408. The topological polar surface area (TPSA) is 69.6 Å². The van der Waals surface area contributed by atoms with Gasteiger partial charge in [-0.3, -0.25) is 0 Å². The van der Waals surface area contributed by atoms with Crippen LogP contribution in [0.25, 0.3) is 16.4 Å². The van der Waals surface area contributed by atoms with Gasteiger partial charge in [-0.05, 0) is 23.6 Å². The lowest BCUT2D eigenvalue weighted by Gasteiger charge is -2.03. The Morgan fingerprint density at radius 1 is 1.30 bits per heavy atom. The second-order valence-electron chi connectivity index (χ2n) is 4.80. The van der Waals surface area contributed by atoms with E-state index in [1.54, 1.807) is 41.3 Å². The van der Waals surface area contributed by atoms with Crippen LogP contribution in [0.5, 0.6) is 0 Å². The van der Waals surface area contributed by atoms with Crippen LogP contribution >= 0.6 is 11.3 Å². The van der Waals surface area contributed by atoms with Crippen LogP contribution in [0.2, 0.25) is 0 Å².